The van der Waals surface area contributed by atoms with E-state index in [4.69, 9.17) is 11.6 Å². The summed E-state index contributed by atoms with van der Waals surface area (Å²) in [4.78, 5) is 7.83. The zero-order valence-electron chi connectivity index (χ0n) is 21.2. The van der Waals surface area contributed by atoms with Crippen LogP contribution in [-0.4, -0.2) is 79.8 Å². The largest absolute Gasteiger partial charge is 0.370 e. The summed E-state index contributed by atoms with van der Waals surface area (Å²) < 4.78 is 26.5. The Kier molecular flexibility index (Phi) is 8.81. The highest BCUT2D eigenvalue weighted by molar-refractivity contribution is 7.89. The van der Waals surface area contributed by atoms with Crippen LogP contribution in [0.15, 0.2) is 47.8 Å². The SMILES string of the molecule is CCC1CN(C2NC=C(NS(=O)(=O)CC)C=C2C)CCN1C1CCN(Cc2ccc(Cl)cc2)CC1. The van der Waals surface area contributed by atoms with Crippen molar-refractivity contribution in [2.24, 2.45) is 0 Å². The van der Waals surface area contributed by atoms with Crippen LogP contribution in [0.25, 0.3) is 0 Å². The summed E-state index contributed by atoms with van der Waals surface area (Å²) in [6.45, 7) is 12.4. The van der Waals surface area contributed by atoms with Crippen molar-refractivity contribution in [2.75, 3.05) is 38.5 Å². The molecule has 0 saturated carbocycles. The summed E-state index contributed by atoms with van der Waals surface area (Å²) in [7, 11) is -3.27. The molecule has 0 amide bonds. The molecule has 2 unspecified atom stereocenters. The van der Waals surface area contributed by atoms with Crippen LogP contribution in [0.5, 0.6) is 0 Å². The molecule has 3 aliphatic rings. The van der Waals surface area contributed by atoms with Crippen LogP contribution in [0.4, 0.5) is 0 Å². The van der Waals surface area contributed by atoms with Crippen LogP contribution in [-0.2, 0) is 16.6 Å². The first kappa shape index (κ1) is 26.5. The number of nitrogens with one attached hydrogen (secondary N) is 2. The van der Waals surface area contributed by atoms with Crippen molar-refractivity contribution in [3.05, 3.63) is 58.4 Å². The number of benzene rings is 1. The van der Waals surface area contributed by atoms with Crippen LogP contribution in [0.3, 0.4) is 0 Å². The van der Waals surface area contributed by atoms with E-state index in [-0.39, 0.29) is 11.9 Å². The number of allylic oxidation sites excluding steroid dienone is 1. The first-order valence-corrected chi connectivity index (χ1v) is 14.9. The lowest BCUT2D eigenvalue weighted by atomic mass is 9.97. The Hall–Kier alpha value is -1.58. The fraction of sp³-hybridized carbons (Fsp3) is 0.615. The van der Waals surface area contributed by atoms with E-state index in [0.29, 0.717) is 17.8 Å². The highest BCUT2D eigenvalue weighted by atomic mass is 35.5. The van der Waals surface area contributed by atoms with E-state index < -0.39 is 10.0 Å². The summed E-state index contributed by atoms with van der Waals surface area (Å²) in [5, 5.41) is 4.24. The molecule has 2 N–H and O–H groups in total. The van der Waals surface area contributed by atoms with Gasteiger partial charge in [-0.25, -0.2) is 8.42 Å². The van der Waals surface area contributed by atoms with Gasteiger partial charge in [-0.05, 0) is 75.5 Å². The lowest BCUT2D eigenvalue weighted by Crippen LogP contribution is -2.62. The molecule has 194 valence electrons. The standard InChI is InChI=1S/C26H40ClN5O2S/c1-4-24-19-31(26-20(3)16-23(17-28-26)29-35(33,34)5-2)14-15-32(24)25-10-12-30(13-11-25)18-21-6-8-22(27)9-7-21/h6-9,16-17,24-26,28-29H,4-5,10-15,18-19H2,1-3H3. The lowest BCUT2D eigenvalue weighted by Gasteiger charge is -2.49. The Labute approximate surface area is 216 Å². The minimum absolute atomic E-state index is 0.0703. The molecule has 3 heterocycles. The highest BCUT2D eigenvalue weighted by Gasteiger charge is 2.35. The fourth-order valence-corrected chi connectivity index (χ4v) is 6.35. The number of hydrogen-bond donors (Lipinski definition) is 2. The maximum Gasteiger partial charge on any atom is 0.232 e. The first-order valence-electron chi connectivity index (χ1n) is 12.9. The average molecular weight is 522 g/mol. The molecule has 2 atom stereocenters. The predicted octanol–water partition coefficient (Wildman–Crippen LogP) is 3.36. The molecule has 0 radical (unpaired) electrons. The van der Waals surface area contributed by atoms with Crippen molar-refractivity contribution in [1.82, 2.24) is 24.7 Å². The number of sulfonamides is 1. The molecule has 0 spiro atoms. The van der Waals surface area contributed by atoms with Crippen LogP contribution in [0.1, 0.15) is 45.6 Å². The van der Waals surface area contributed by atoms with E-state index in [2.05, 4.69) is 50.7 Å². The van der Waals surface area contributed by atoms with Crippen LogP contribution in [0.2, 0.25) is 5.02 Å². The lowest BCUT2D eigenvalue weighted by molar-refractivity contribution is -0.0000431. The van der Waals surface area contributed by atoms with E-state index in [9.17, 15) is 8.42 Å². The summed E-state index contributed by atoms with van der Waals surface area (Å²) >= 11 is 6.03. The van der Waals surface area contributed by atoms with Gasteiger partial charge in [-0.3, -0.25) is 19.4 Å². The maximum absolute atomic E-state index is 11.9. The molecule has 2 fully saturated rings. The van der Waals surface area contributed by atoms with Gasteiger partial charge in [0.15, 0.2) is 0 Å². The zero-order valence-corrected chi connectivity index (χ0v) is 22.8. The third-order valence-electron chi connectivity index (χ3n) is 7.61. The Balaban J connectivity index is 1.29. The number of piperidine rings is 1. The predicted molar refractivity (Wildman–Crippen MR) is 143 cm³/mol. The third kappa shape index (κ3) is 6.80. The second kappa shape index (κ2) is 11.6. The minimum Gasteiger partial charge on any atom is -0.370 e. The number of nitrogens with zero attached hydrogens (tertiary/aromatic N) is 3. The Morgan fingerprint density at radius 3 is 2.43 bits per heavy atom. The van der Waals surface area contributed by atoms with E-state index in [1.54, 1.807) is 13.1 Å². The second-order valence-electron chi connectivity index (χ2n) is 9.99. The van der Waals surface area contributed by atoms with Gasteiger partial charge in [0.2, 0.25) is 10.0 Å². The Morgan fingerprint density at radius 2 is 1.80 bits per heavy atom. The van der Waals surface area contributed by atoms with Crippen molar-refractivity contribution < 1.29 is 8.42 Å². The molecule has 0 bridgehead atoms. The normalized spacial score (nSPS) is 25.6. The average Bonchev–Trinajstić information content (AvgIpc) is 2.85. The van der Waals surface area contributed by atoms with Crippen molar-refractivity contribution in [3.63, 3.8) is 0 Å². The third-order valence-corrected chi connectivity index (χ3v) is 9.16. The van der Waals surface area contributed by atoms with Crippen LogP contribution < -0.4 is 10.0 Å². The molecular formula is C26H40ClN5O2S. The molecule has 3 aliphatic heterocycles. The second-order valence-corrected chi connectivity index (χ2v) is 12.4. The minimum atomic E-state index is -3.27. The topological polar surface area (TPSA) is 67.9 Å². The molecule has 9 heteroatoms. The van der Waals surface area contributed by atoms with Gasteiger partial charge in [0.05, 0.1) is 11.4 Å². The van der Waals surface area contributed by atoms with E-state index >= 15 is 0 Å². The molecule has 4 rings (SSSR count). The molecule has 0 aliphatic carbocycles. The number of rotatable bonds is 8. The summed E-state index contributed by atoms with van der Waals surface area (Å²) in [5.74, 6) is 0.0703. The van der Waals surface area contributed by atoms with Gasteiger partial charge in [-0.2, -0.15) is 0 Å². The Bertz CT molecular complexity index is 1020. The summed E-state index contributed by atoms with van der Waals surface area (Å²) in [5.41, 5.74) is 3.08. The number of likely N-dealkylation sites (tertiary alicyclic amines) is 1. The molecular weight excluding hydrogens is 482 g/mol. The van der Waals surface area contributed by atoms with E-state index in [0.717, 1.165) is 56.3 Å². The van der Waals surface area contributed by atoms with Crippen molar-refractivity contribution in [1.29, 1.82) is 0 Å². The van der Waals surface area contributed by atoms with Gasteiger partial charge < -0.3 is 5.32 Å². The van der Waals surface area contributed by atoms with Gasteiger partial charge in [0.1, 0.15) is 6.17 Å². The molecule has 0 aromatic heterocycles. The van der Waals surface area contributed by atoms with E-state index in [1.165, 1.54) is 18.4 Å². The maximum atomic E-state index is 11.9. The number of dihydropyridines is 1. The van der Waals surface area contributed by atoms with Gasteiger partial charge in [-0.15, -0.1) is 0 Å². The van der Waals surface area contributed by atoms with Crippen LogP contribution in [0, 0.1) is 0 Å². The number of piperazine rings is 1. The monoisotopic (exact) mass is 521 g/mol. The summed E-state index contributed by atoms with van der Waals surface area (Å²) in [6.07, 6.45) is 7.44. The molecule has 2 saturated heterocycles. The molecule has 7 nitrogen and oxygen atoms in total. The molecule has 35 heavy (non-hydrogen) atoms. The van der Waals surface area contributed by atoms with Crippen molar-refractivity contribution in [2.45, 2.75) is 64.8 Å². The Morgan fingerprint density at radius 1 is 1.09 bits per heavy atom. The first-order chi connectivity index (χ1) is 16.8. The van der Waals surface area contributed by atoms with Gasteiger partial charge in [0, 0.05) is 49.5 Å². The number of hydrogen-bond acceptors (Lipinski definition) is 6. The highest BCUT2D eigenvalue weighted by Crippen LogP contribution is 2.26. The van der Waals surface area contributed by atoms with Gasteiger partial charge in [0.25, 0.3) is 0 Å². The summed E-state index contributed by atoms with van der Waals surface area (Å²) in [6, 6.07) is 9.41. The quantitative estimate of drug-likeness (QED) is 0.547. The van der Waals surface area contributed by atoms with E-state index in [1.807, 2.05) is 18.2 Å². The van der Waals surface area contributed by atoms with Crippen LogP contribution >= 0.6 is 11.6 Å². The van der Waals surface area contributed by atoms with Crippen molar-refractivity contribution in [3.8, 4) is 0 Å². The molecule has 1 aromatic carbocycles. The fourth-order valence-electron chi connectivity index (χ4n) is 5.60. The zero-order chi connectivity index (χ0) is 25.0. The molecule has 1 aromatic rings. The van der Waals surface area contributed by atoms with Gasteiger partial charge in [-0.1, -0.05) is 30.7 Å². The number of halogens is 1. The van der Waals surface area contributed by atoms with Crippen molar-refractivity contribution >= 4 is 21.6 Å². The smallest absolute Gasteiger partial charge is 0.232 e. The van der Waals surface area contributed by atoms with Gasteiger partial charge >= 0.3 is 0 Å².